The predicted octanol–water partition coefficient (Wildman–Crippen LogP) is 3.74. The van der Waals surface area contributed by atoms with Gasteiger partial charge in [-0.1, -0.05) is 23.2 Å². The molecule has 0 aliphatic rings. The summed E-state index contributed by atoms with van der Waals surface area (Å²) in [6, 6.07) is 5.48. The first-order chi connectivity index (χ1) is 7.75. The lowest BCUT2D eigenvalue weighted by atomic mass is 10.2. The number of hydrogen-bond donors (Lipinski definition) is 1. The molecule has 0 amide bonds. The maximum atomic E-state index is 6.05. The Bertz CT molecular complexity index is 457. The second-order valence-electron chi connectivity index (χ2n) is 3.31. The molecule has 0 radical (unpaired) electrons. The van der Waals surface area contributed by atoms with Crippen LogP contribution in [0.25, 0.3) is 0 Å². The molecule has 0 saturated carbocycles. The molecular weight excluding hydrogens is 263 g/mol. The highest BCUT2D eigenvalue weighted by Crippen LogP contribution is 2.20. The van der Waals surface area contributed by atoms with Gasteiger partial charge in [0.05, 0.1) is 5.51 Å². The van der Waals surface area contributed by atoms with Crippen molar-refractivity contribution >= 4 is 34.5 Å². The number of benzene rings is 1. The average molecular weight is 273 g/mol. The smallest absolute Gasteiger partial charge is 0.0794 e. The Morgan fingerprint density at radius 3 is 2.88 bits per heavy atom. The van der Waals surface area contributed by atoms with Gasteiger partial charge in [0, 0.05) is 34.2 Å². The van der Waals surface area contributed by atoms with Crippen LogP contribution in [0.5, 0.6) is 0 Å². The Kier molecular flexibility index (Phi) is 4.18. The molecule has 1 aromatic carbocycles. The van der Waals surface area contributed by atoms with Crippen LogP contribution >= 0.6 is 34.5 Å². The van der Waals surface area contributed by atoms with Gasteiger partial charge in [-0.3, -0.25) is 4.98 Å². The lowest BCUT2D eigenvalue weighted by Crippen LogP contribution is -2.12. The molecule has 2 rings (SSSR count). The Hall–Kier alpha value is -0.610. The normalized spacial score (nSPS) is 10.6. The molecular formula is C11H10Cl2N2S. The Balaban J connectivity index is 1.92. The average Bonchev–Trinajstić information content (AvgIpc) is 2.76. The fourth-order valence-electron chi connectivity index (χ4n) is 1.33. The fraction of sp³-hybridized carbons (Fsp3) is 0.182. The van der Waals surface area contributed by atoms with E-state index in [0.29, 0.717) is 11.6 Å². The second-order valence-corrected chi connectivity index (χ2v) is 5.12. The Morgan fingerprint density at radius 2 is 2.12 bits per heavy atom. The zero-order valence-corrected chi connectivity index (χ0v) is 10.7. The SMILES string of the molecule is Clc1ccc(Cl)c(CNCc2cncs2)c1. The van der Waals surface area contributed by atoms with Crippen molar-refractivity contribution in [3.05, 3.63) is 50.4 Å². The predicted molar refractivity (Wildman–Crippen MR) is 69.1 cm³/mol. The van der Waals surface area contributed by atoms with Gasteiger partial charge in [0.1, 0.15) is 0 Å². The van der Waals surface area contributed by atoms with E-state index in [1.54, 1.807) is 17.4 Å². The molecule has 1 aromatic heterocycles. The minimum atomic E-state index is 0.706. The van der Waals surface area contributed by atoms with Gasteiger partial charge in [-0.2, -0.15) is 0 Å². The van der Waals surface area contributed by atoms with Crippen molar-refractivity contribution in [3.63, 3.8) is 0 Å². The van der Waals surface area contributed by atoms with E-state index in [-0.39, 0.29) is 0 Å². The monoisotopic (exact) mass is 272 g/mol. The van der Waals surface area contributed by atoms with Gasteiger partial charge < -0.3 is 5.32 Å². The highest BCUT2D eigenvalue weighted by atomic mass is 35.5. The highest BCUT2D eigenvalue weighted by Gasteiger charge is 2.01. The lowest BCUT2D eigenvalue weighted by molar-refractivity contribution is 0.700. The maximum absolute atomic E-state index is 6.05. The van der Waals surface area contributed by atoms with Gasteiger partial charge in [0.2, 0.25) is 0 Å². The van der Waals surface area contributed by atoms with E-state index in [4.69, 9.17) is 23.2 Å². The van der Waals surface area contributed by atoms with Crippen LogP contribution in [0.2, 0.25) is 10.0 Å². The molecule has 0 spiro atoms. The van der Waals surface area contributed by atoms with E-state index in [9.17, 15) is 0 Å². The van der Waals surface area contributed by atoms with E-state index >= 15 is 0 Å². The van der Waals surface area contributed by atoms with Crippen LogP contribution in [0.3, 0.4) is 0 Å². The Morgan fingerprint density at radius 1 is 1.25 bits per heavy atom. The number of thiazole rings is 1. The van der Waals surface area contributed by atoms with Crippen LogP contribution in [0.15, 0.2) is 29.9 Å². The van der Waals surface area contributed by atoms with Crippen LogP contribution in [0.1, 0.15) is 10.4 Å². The van der Waals surface area contributed by atoms with Crippen molar-refractivity contribution in [2.45, 2.75) is 13.1 Å². The van der Waals surface area contributed by atoms with Crippen LogP contribution < -0.4 is 5.32 Å². The van der Waals surface area contributed by atoms with Crippen molar-refractivity contribution < 1.29 is 0 Å². The maximum Gasteiger partial charge on any atom is 0.0794 e. The second kappa shape index (κ2) is 5.64. The van der Waals surface area contributed by atoms with E-state index in [2.05, 4.69) is 10.3 Å². The molecule has 0 unspecified atom stereocenters. The molecule has 0 aliphatic heterocycles. The molecule has 2 aromatic rings. The van der Waals surface area contributed by atoms with Gasteiger partial charge in [-0.25, -0.2) is 0 Å². The van der Waals surface area contributed by atoms with E-state index in [1.807, 2.05) is 23.8 Å². The van der Waals surface area contributed by atoms with Gasteiger partial charge in [-0.15, -0.1) is 11.3 Å². The van der Waals surface area contributed by atoms with E-state index in [1.165, 1.54) is 4.88 Å². The third-order valence-corrected chi connectivity index (χ3v) is 3.49. The number of rotatable bonds is 4. The first-order valence-electron chi connectivity index (χ1n) is 4.78. The third kappa shape index (κ3) is 3.19. The summed E-state index contributed by atoms with van der Waals surface area (Å²) in [6.45, 7) is 1.50. The summed E-state index contributed by atoms with van der Waals surface area (Å²) in [7, 11) is 0. The molecule has 2 nitrogen and oxygen atoms in total. The molecule has 0 bridgehead atoms. The number of nitrogens with one attached hydrogen (secondary N) is 1. The van der Waals surface area contributed by atoms with Crippen LogP contribution in [-0.2, 0) is 13.1 Å². The molecule has 1 heterocycles. The number of halogens is 2. The van der Waals surface area contributed by atoms with Crippen molar-refractivity contribution in [2.75, 3.05) is 0 Å². The van der Waals surface area contributed by atoms with Crippen LogP contribution in [0, 0.1) is 0 Å². The third-order valence-electron chi connectivity index (χ3n) is 2.11. The Labute approximate surface area is 108 Å². The zero-order valence-electron chi connectivity index (χ0n) is 8.41. The van der Waals surface area contributed by atoms with Crippen molar-refractivity contribution in [3.8, 4) is 0 Å². The van der Waals surface area contributed by atoms with Gasteiger partial charge in [0.25, 0.3) is 0 Å². The first kappa shape index (κ1) is 11.9. The summed E-state index contributed by atoms with van der Waals surface area (Å²) in [6.07, 6.45) is 1.86. The fourth-order valence-corrected chi connectivity index (χ4v) is 2.27. The van der Waals surface area contributed by atoms with Crippen molar-refractivity contribution in [1.82, 2.24) is 10.3 Å². The molecule has 16 heavy (non-hydrogen) atoms. The van der Waals surface area contributed by atoms with Gasteiger partial charge in [-0.05, 0) is 23.8 Å². The molecule has 84 valence electrons. The number of hydrogen-bond acceptors (Lipinski definition) is 3. The number of nitrogens with zero attached hydrogens (tertiary/aromatic N) is 1. The molecule has 5 heteroatoms. The molecule has 0 atom stereocenters. The van der Waals surface area contributed by atoms with Crippen molar-refractivity contribution in [2.24, 2.45) is 0 Å². The quantitative estimate of drug-likeness (QED) is 0.917. The van der Waals surface area contributed by atoms with Crippen LogP contribution in [-0.4, -0.2) is 4.98 Å². The molecule has 0 fully saturated rings. The minimum absolute atomic E-state index is 0.706. The summed E-state index contributed by atoms with van der Waals surface area (Å²) >= 11 is 13.6. The zero-order chi connectivity index (χ0) is 11.4. The van der Waals surface area contributed by atoms with Gasteiger partial charge >= 0.3 is 0 Å². The topological polar surface area (TPSA) is 24.9 Å². The van der Waals surface area contributed by atoms with E-state index in [0.717, 1.165) is 17.1 Å². The van der Waals surface area contributed by atoms with Crippen molar-refractivity contribution in [1.29, 1.82) is 0 Å². The van der Waals surface area contributed by atoms with Crippen LogP contribution in [0.4, 0.5) is 0 Å². The molecule has 0 aliphatic carbocycles. The highest BCUT2D eigenvalue weighted by molar-refractivity contribution is 7.09. The molecule has 0 saturated heterocycles. The summed E-state index contributed by atoms with van der Waals surface area (Å²) in [5.74, 6) is 0. The largest absolute Gasteiger partial charge is 0.308 e. The standard InChI is InChI=1S/C11H10Cl2N2S/c12-9-1-2-11(13)8(3-9)4-14-5-10-6-15-7-16-10/h1-3,6-7,14H,4-5H2. The number of aromatic nitrogens is 1. The summed E-state index contributed by atoms with van der Waals surface area (Å²) < 4.78 is 0. The minimum Gasteiger partial charge on any atom is -0.308 e. The lowest BCUT2D eigenvalue weighted by Gasteiger charge is -2.05. The molecule has 1 N–H and O–H groups in total. The summed E-state index contributed by atoms with van der Waals surface area (Å²) in [4.78, 5) is 5.22. The summed E-state index contributed by atoms with van der Waals surface area (Å²) in [5, 5.41) is 4.74. The summed E-state index contributed by atoms with van der Waals surface area (Å²) in [5.41, 5.74) is 2.84. The first-order valence-corrected chi connectivity index (χ1v) is 6.41. The van der Waals surface area contributed by atoms with E-state index < -0.39 is 0 Å². The van der Waals surface area contributed by atoms with Gasteiger partial charge in [0.15, 0.2) is 0 Å².